The van der Waals surface area contributed by atoms with Crippen LogP contribution in [-0.4, -0.2) is 11.9 Å². The molecule has 12 heavy (non-hydrogen) atoms. The average molecular weight is 167 g/mol. The lowest BCUT2D eigenvalue weighted by atomic mass is 10.1. The first-order valence-electron chi connectivity index (χ1n) is 4.10. The van der Waals surface area contributed by atoms with Gasteiger partial charge in [-0.2, -0.15) is 0 Å². The molecule has 1 unspecified atom stereocenters. The van der Waals surface area contributed by atoms with Crippen LogP contribution in [0.3, 0.4) is 0 Å². The van der Waals surface area contributed by atoms with Crippen molar-refractivity contribution in [2.75, 3.05) is 0 Å². The topological polar surface area (TPSA) is 44.5 Å². The van der Waals surface area contributed by atoms with E-state index in [0.29, 0.717) is 0 Å². The molecule has 1 aliphatic heterocycles. The van der Waals surface area contributed by atoms with E-state index in [4.69, 9.17) is 15.2 Å². The summed E-state index contributed by atoms with van der Waals surface area (Å²) in [4.78, 5) is 0. The van der Waals surface area contributed by atoms with E-state index in [1.165, 1.54) is 0 Å². The number of ether oxygens (including phenoxy) is 2. The molecule has 0 spiro atoms. The van der Waals surface area contributed by atoms with Crippen LogP contribution in [0.4, 0.5) is 0 Å². The van der Waals surface area contributed by atoms with Crippen molar-refractivity contribution in [2.45, 2.75) is 32.2 Å². The van der Waals surface area contributed by atoms with Crippen LogP contribution >= 0.6 is 0 Å². The Kier molecular flexibility index (Phi) is 1.45. The third-order valence-corrected chi connectivity index (χ3v) is 1.99. The third-order valence-electron chi connectivity index (χ3n) is 1.99. The second-order valence-corrected chi connectivity index (χ2v) is 3.62. The SMILES string of the molecule is CC1(C)OC2=CC=C(N)CC2O1. The van der Waals surface area contributed by atoms with Gasteiger partial charge in [-0.05, 0) is 12.2 Å². The molecule has 0 radical (unpaired) electrons. The summed E-state index contributed by atoms with van der Waals surface area (Å²) in [6.45, 7) is 3.81. The molecule has 2 rings (SSSR count). The van der Waals surface area contributed by atoms with Gasteiger partial charge in [0.1, 0.15) is 11.9 Å². The highest BCUT2D eigenvalue weighted by molar-refractivity contribution is 5.24. The molecule has 1 fully saturated rings. The summed E-state index contributed by atoms with van der Waals surface area (Å²) < 4.78 is 11.2. The molecule has 0 aromatic carbocycles. The monoisotopic (exact) mass is 167 g/mol. The van der Waals surface area contributed by atoms with Crippen LogP contribution in [0.1, 0.15) is 20.3 Å². The Balaban J connectivity index is 2.21. The predicted molar refractivity (Wildman–Crippen MR) is 45.0 cm³/mol. The van der Waals surface area contributed by atoms with Crippen molar-refractivity contribution in [3.05, 3.63) is 23.6 Å². The zero-order valence-electron chi connectivity index (χ0n) is 7.33. The van der Waals surface area contributed by atoms with E-state index >= 15 is 0 Å². The molecule has 1 heterocycles. The van der Waals surface area contributed by atoms with E-state index in [0.717, 1.165) is 17.9 Å². The van der Waals surface area contributed by atoms with Crippen molar-refractivity contribution in [2.24, 2.45) is 5.73 Å². The van der Waals surface area contributed by atoms with Gasteiger partial charge in [0, 0.05) is 26.0 Å². The highest BCUT2D eigenvalue weighted by atomic mass is 16.7. The number of rotatable bonds is 0. The minimum atomic E-state index is -0.491. The van der Waals surface area contributed by atoms with Crippen LogP contribution in [0.2, 0.25) is 0 Å². The molecule has 1 atom stereocenters. The van der Waals surface area contributed by atoms with Crippen LogP contribution in [0.5, 0.6) is 0 Å². The van der Waals surface area contributed by atoms with Gasteiger partial charge in [-0.15, -0.1) is 0 Å². The Hall–Kier alpha value is -0.960. The molecule has 0 aromatic rings. The normalized spacial score (nSPS) is 31.7. The Morgan fingerprint density at radius 2 is 2.25 bits per heavy atom. The van der Waals surface area contributed by atoms with Gasteiger partial charge in [0.2, 0.25) is 5.79 Å². The minimum absolute atomic E-state index is 0.0324. The Labute approximate surface area is 71.8 Å². The van der Waals surface area contributed by atoms with Crippen molar-refractivity contribution >= 4 is 0 Å². The van der Waals surface area contributed by atoms with Gasteiger partial charge < -0.3 is 15.2 Å². The standard InChI is InChI=1S/C9H13NO2/c1-9(2)11-7-4-3-6(10)5-8(7)12-9/h3-4,8H,5,10H2,1-2H3. The van der Waals surface area contributed by atoms with E-state index < -0.39 is 5.79 Å². The molecule has 0 saturated carbocycles. The first kappa shape index (κ1) is 7.68. The quantitative estimate of drug-likeness (QED) is 0.591. The molecule has 1 aliphatic carbocycles. The van der Waals surface area contributed by atoms with E-state index in [-0.39, 0.29) is 6.10 Å². The second-order valence-electron chi connectivity index (χ2n) is 3.62. The lowest BCUT2D eigenvalue weighted by Crippen LogP contribution is -2.22. The Morgan fingerprint density at radius 1 is 1.50 bits per heavy atom. The van der Waals surface area contributed by atoms with Gasteiger partial charge in [0.25, 0.3) is 0 Å². The maximum Gasteiger partial charge on any atom is 0.205 e. The fourth-order valence-corrected chi connectivity index (χ4v) is 1.53. The van der Waals surface area contributed by atoms with Crippen LogP contribution in [0.15, 0.2) is 23.6 Å². The van der Waals surface area contributed by atoms with Gasteiger partial charge in [-0.1, -0.05) is 0 Å². The van der Waals surface area contributed by atoms with Crippen molar-refractivity contribution in [1.29, 1.82) is 0 Å². The number of fused-ring (bicyclic) bond motifs is 1. The summed E-state index contributed by atoms with van der Waals surface area (Å²) in [5, 5.41) is 0. The molecule has 3 nitrogen and oxygen atoms in total. The first-order chi connectivity index (χ1) is 5.57. The molecule has 0 amide bonds. The largest absolute Gasteiger partial charge is 0.465 e. The summed E-state index contributed by atoms with van der Waals surface area (Å²) in [6, 6.07) is 0. The molecular formula is C9H13NO2. The number of hydrogen-bond acceptors (Lipinski definition) is 3. The average Bonchev–Trinajstić information content (AvgIpc) is 2.21. The van der Waals surface area contributed by atoms with E-state index in [2.05, 4.69) is 0 Å². The molecule has 1 saturated heterocycles. The smallest absolute Gasteiger partial charge is 0.205 e. The number of allylic oxidation sites excluding steroid dienone is 2. The first-order valence-corrected chi connectivity index (χ1v) is 4.10. The minimum Gasteiger partial charge on any atom is -0.465 e. The van der Waals surface area contributed by atoms with Gasteiger partial charge in [-0.25, -0.2) is 0 Å². The summed E-state index contributed by atoms with van der Waals surface area (Å²) >= 11 is 0. The summed E-state index contributed by atoms with van der Waals surface area (Å²) in [5.74, 6) is 0.406. The maximum atomic E-state index is 5.66. The molecule has 0 aromatic heterocycles. The van der Waals surface area contributed by atoms with Crippen molar-refractivity contribution < 1.29 is 9.47 Å². The third kappa shape index (κ3) is 1.20. The lowest BCUT2D eigenvalue weighted by molar-refractivity contribution is -0.132. The number of hydrogen-bond donors (Lipinski definition) is 1. The van der Waals surface area contributed by atoms with Gasteiger partial charge >= 0.3 is 0 Å². The van der Waals surface area contributed by atoms with E-state index in [1.807, 2.05) is 26.0 Å². The van der Waals surface area contributed by atoms with Crippen molar-refractivity contribution in [1.82, 2.24) is 0 Å². The van der Waals surface area contributed by atoms with Crippen LogP contribution in [-0.2, 0) is 9.47 Å². The zero-order chi connectivity index (χ0) is 8.77. The lowest BCUT2D eigenvalue weighted by Gasteiger charge is -2.15. The van der Waals surface area contributed by atoms with Crippen LogP contribution in [0, 0.1) is 0 Å². The molecular weight excluding hydrogens is 154 g/mol. The summed E-state index contributed by atoms with van der Waals surface area (Å²) in [7, 11) is 0. The molecule has 2 N–H and O–H groups in total. The molecule has 0 bridgehead atoms. The molecule has 66 valence electrons. The van der Waals surface area contributed by atoms with Crippen LogP contribution < -0.4 is 5.73 Å². The summed E-state index contributed by atoms with van der Waals surface area (Å²) in [5.41, 5.74) is 6.51. The van der Waals surface area contributed by atoms with Gasteiger partial charge in [0.05, 0.1) is 0 Å². The molecule has 2 aliphatic rings. The van der Waals surface area contributed by atoms with Gasteiger partial charge in [0.15, 0.2) is 0 Å². The fraction of sp³-hybridized carbons (Fsp3) is 0.556. The van der Waals surface area contributed by atoms with Crippen LogP contribution in [0.25, 0.3) is 0 Å². The van der Waals surface area contributed by atoms with Crippen molar-refractivity contribution in [3.63, 3.8) is 0 Å². The molecule has 3 heteroatoms. The van der Waals surface area contributed by atoms with E-state index in [1.54, 1.807) is 0 Å². The highest BCUT2D eigenvalue weighted by Crippen LogP contribution is 2.35. The van der Waals surface area contributed by atoms with Gasteiger partial charge in [-0.3, -0.25) is 0 Å². The highest BCUT2D eigenvalue weighted by Gasteiger charge is 2.38. The summed E-state index contributed by atoms with van der Waals surface area (Å²) in [6.07, 6.45) is 4.54. The maximum absolute atomic E-state index is 5.66. The fourth-order valence-electron chi connectivity index (χ4n) is 1.53. The predicted octanol–water partition coefficient (Wildman–Crippen LogP) is 1.27. The zero-order valence-corrected chi connectivity index (χ0v) is 7.33. The Morgan fingerprint density at radius 3 is 3.00 bits per heavy atom. The second kappa shape index (κ2) is 2.26. The Bertz CT molecular complexity index is 266. The van der Waals surface area contributed by atoms with E-state index in [9.17, 15) is 0 Å². The number of nitrogens with two attached hydrogens (primary N) is 1. The van der Waals surface area contributed by atoms with Crippen molar-refractivity contribution in [3.8, 4) is 0 Å².